The fraction of sp³-hybridized carbons (Fsp3) is 0.889. The molecule has 0 aliphatic heterocycles. The Kier molecular flexibility index (Phi) is 3.31. The van der Waals surface area contributed by atoms with Crippen molar-refractivity contribution in [3.8, 4) is 0 Å². The Balaban J connectivity index is 2.35. The average molecular weight is 153 g/mol. The molecular weight excluding hydrogens is 138 g/mol. The highest BCUT2D eigenvalue weighted by Gasteiger charge is 2.20. The fourth-order valence-electron chi connectivity index (χ4n) is 1.82. The Morgan fingerprint density at radius 1 is 1.45 bits per heavy atom. The summed E-state index contributed by atoms with van der Waals surface area (Å²) in [7, 11) is 0. The van der Waals surface area contributed by atoms with Gasteiger partial charge in [-0.3, -0.25) is 0 Å². The van der Waals surface area contributed by atoms with Gasteiger partial charge in [-0.15, -0.1) is 0 Å². The summed E-state index contributed by atoms with van der Waals surface area (Å²) in [5, 5.41) is 0. The third-order valence-electron chi connectivity index (χ3n) is 2.68. The number of isocyanates is 1. The van der Waals surface area contributed by atoms with Crippen LogP contribution in [0.5, 0.6) is 0 Å². The van der Waals surface area contributed by atoms with Crippen LogP contribution in [0.2, 0.25) is 0 Å². The van der Waals surface area contributed by atoms with Crippen LogP contribution in [0.4, 0.5) is 0 Å². The second-order valence-corrected chi connectivity index (χ2v) is 3.45. The predicted molar refractivity (Wildman–Crippen MR) is 44.1 cm³/mol. The third-order valence-corrected chi connectivity index (χ3v) is 2.68. The van der Waals surface area contributed by atoms with Gasteiger partial charge in [-0.05, 0) is 18.3 Å². The lowest BCUT2D eigenvalue weighted by atomic mass is 9.80. The minimum absolute atomic E-state index is 0.644. The van der Waals surface area contributed by atoms with E-state index >= 15 is 0 Å². The van der Waals surface area contributed by atoms with E-state index in [1.807, 2.05) is 0 Å². The van der Waals surface area contributed by atoms with Crippen LogP contribution in [0, 0.1) is 11.8 Å². The van der Waals surface area contributed by atoms with Crippen LogP contribution in [-0.2, 0) is 4.79 Å². The molecule has 62 valence electrons. The maximum atomic E-state index is 9.86. The zero-order chi connectivity index (χ0) is 8.10. The van der Waals surface area contributed by atoms with Gasteiger partial charge < -0.3 is 0 Å². The zero-order valence-electron chi connectivity index (χ0n) is 7.05. The van der Waals surface area contributed by atoms with Crippen LogP contribution in [0.3, 0.4) is 0 Å². The smallest absolute Gasteiger partial charge is 0.211 e. The van der Waals surface area contributed by atoms with E-state index in [4.69, 9.17) is 0 Å². The van der Waals surface area contributed by atoms with Gasteiger partial charge in [-0.2, -0.15) is 0 Å². The van der Waals surface area contributed by atoms with Crippen molar-refractivity contribution in [3.05, 3.63) is 0 Å². The average Bonchev–Trinajstić information content (AvgIpc) is 2.03. The fourth-order valence-corrected chi connectivity index (χ4v) is 1.82. The molecule has 0 amide bonds. The molecule has 0 saturated heterocycles. The molecule has 1 rings (SSSR count). The van der Waals surface area contributed by atoms with Crippen molar-refractivity contribution in [2.24, 2.45) is 16.8 Å². The lowest BCUT2D eigenvalue weighted by Gasteiger charge is -2.26. The Morgan fingerprint density at radius 3 is 2.82 bits per heavy atom. The number of hydrogen-bond acceptors (Lipinski definition) is 2. The molecule has 1 aliphatic rings. The zero-order valence-corrected chi connectivity index (χ0v) is 7.05. The summed E-state index contributed by atoms with van der Waals surface area (Å²) in [5.74, 6) is 1.39. The van der Waals surface area contributed by atoms with Crippen molar-refractivity contribution in [3.63, 3.8) is 0 Å². The Morgan fingerprint density at radius 2 is 2.18 bits per heavy atom. The van der Waals surface area contributed by atoms with E-state index in [0.717, 1.165) is 5.92 Å². The van der Waals surface area contributed by atoms with E-state index in [9.17, 15) is 4.79 Å². The van der Waals surface area contributed by atoms with E-state index in [-0.39, 0.29) is 0 Å². The molecule has 1 fully saturated rings. The largest absolute Gasteiger partial charge is 0.234 e. The summed E-state index contributed by atoms with van der Waals surface area (Å²) in [4.78, 5) is 13.5. The first-order chi connectivity index (χ1) is 5.34. The molecule has 1 aliphatic carbocycles. The number of aliphatic imine (C=N–C) groups is 1. The van der Waals surface area contributed by atoms with Crippen LogP contribution in [0.1, 0.15) is 32.6 Å². The van der Waals surface area contributed by atoms with Gasteiger partial charge in [0, 0.05) is 0 Å². The van der Waals surface area contributed by atoms with Gasteiger partial charge in [0.1, 0.15) is 0 Å². The van der Waals surface area contributed by atoms with Crippen LogP contribution < -0.4 is 0 Å². The van der Waals surface area contributed by atoms with Crippen LogP contribution in [0.15, 0.2) is 4.99 Å². The maximum absolute atomic E-state index is 9.86. The van der Waals surface area contributed by atoms with Crippen molar-refractivity contribution >= 4 is 6.08 Å². The van der Waals surface area contributed by atoms with Crippen molar-refractivity contribution in [1.82, 2.24) is 0 Å². The second kappa shape index (κ2) is 4.30. The third kappa shape index (κ3) is 2.47. The highest BCUT2D eigenvalue weighted by atomic mass is 16.1. The van der Waals surface area contributed by atoms with E-state index < -0.39 is 0 Å². The van der Waals surface area contributed by atoms with Gasteiger partial charge in [-0.25, -0.2) is 9.79 Å². The van der Waals surface area contributed by atoms with Crippen molar-refractivity contribution in [1.29, 1.82) is 0 Å². The van der Waals surface area contributed by atoms with E-state index in [1.54, 1.807) is 6.08 Å². The molecule has 0 aromatic rings. The number of rotatable bonds is 2. The molecule has 0 heterocycles. The van der Waals surface area contributed by atoms with Gasteiger partial charge in [0.25, 0.3) is 0 Å². The standard InChI is InChI=1S/C9H15NO/c1-8-4-2-3-5-9(8)6-10-7-11/h8-9H,2-6H2,1H3. The first-order valence-electron chi connectivity index (χ1n) is 4.38. The minimum Gasteiger partial charge on any atom is -0.211 e. The number of hydrogen-bond donors (Lipinski definition) is 0. The topological polar surface area (TPSA) is 29.4 Å². The van der Waals surface area contributed by atoms with Crippen molar-refractivity contribution < 1.29 is 4.79 Å². The van der Waals surface area contributed by atoms with Crippen LogP contribution >= 0.6 is 0 Å². The van der Waals surface area contributed by atoms with Gasteiger partial charge in [-0.1, -0.05) is 26.2 Å². The lowest BCUT2D eigenvalue weighted by molar-refractivity contribution is 0.263. The molecule has 0 bridgehead atoms. The van der Waals surface area contributed by atoms with Crippen LogP contribution in [0.25, 0.3) is 0 Å². The molecule has 0 aromatic heterocycles. The van der Waals surface area contributed by atoms with Crippen LogP contribution in [-0.4, -0.2) is 12.6 Å². The highest BCUT2D eigenvalue weighted by molar-refractivity contribution is 5.32. The molecule has 1 saturated carbocycles. The van der Waals surface area contributed by atoms with Gasteiger partial charge in [0.15, 0.2) is 0 Å². The lowest BCUT2D eigenvalue weighted by Crippen LogP contribution is -2.19. The van der Waals surface area contributed by atoms with Crippen molar-refractivity contribution in [2.45, 2.75) is 32.6 Å². The molecule has 0 spiro atoms. The summed E-state index contributed by atoms with van der Waals surface area (Å²) in [6.07, 6.45) is 6.82. The first kappa shape index (κ1) is 8.48. The molecule has 0 radical (unpaired) electrons. The molecule has 11 heavy (non-hydrogen) atoms. The second-order valence-electron chi connectivity index (χ2n) is 3.45. The number of nitrogens with zero attached hydrogens (tertiary/aromatic N) is 1. The molecule has 0 N–H and O–H groups in total. The minimum atomic E-state index is 0.644. The van der Waals surface area contributed by atoms with E-state index in [0.29, 0.717) is 12.5 Å². The molecule has 2 nitrogen and oxygen atoms in total. The first-order valence-corrected chi connectivity index (χ1v) is 4.38. The summed E-state index contributed by atoms with van der Waals surface area (Å²) in [6, 6.07) is 0. The van der Waals surface area contributed by atoms with Crippen molar-refractivity contribution in [2.75, 3.05) is 6.54 Å². The van der Waals surface area contributed by atoms with Gasteiger partial charge in [0.05, 0.1) is 6.54 Å². The maximum Gasteiger partial charge on any atom is 0.234 e. The van der Waals surface area contributed by atoms with Gasteiger partial charge in [0.2, 0.25) is 6.08 Å². The molecular formula is C9H15NO. The summed E-state index contributed by atoms with van der Waals surface area (Å²) >= 11 is 0. The van der Waals surface area contributed by atoms with Gasteiger partial charge >= 0.3 is 0 Å². The monoisotopic (exact) mass is 153 g/mol. The number of carbonyl (C=O) groups excluding carboxylic acids is 1. The highest BCUT2D eigenvalue weighted by Crippen LogP contribution is 2.29. The van der Waals surface area contributed by atoms with E-state index in [2.05, 4.69) is 11.9 Å². The molecule has 2 unspecified atom stereocenters. The SMILES string of the molecule is CC1CCCCC1CN=C=O. The molecule has 2 atom stereocenters. The summed E-state index contributed by atoms with van der Waals surface area (Å²) < 4.78 is 0. The Hall–Kier alpha value is -0.620. The summed E-state index contributed by atoms with van der Waals surface area (Å²) in [6.45, 7) is 2.95. The molecule has 0 aromatic carbocycles. The van der Waals surface area contributed by atoms with E-state index in [1.165, 1.54) is 25.7 Å². The summed E-state index contributed by atoms with van der Waals surface area (Å²) in [5.41, 5.74) is 0. The Labute approximate surface area is 67.7 Å². The molecule has 2 heteroatoms. The quantitative estimate of drug-likeness (QED) is 0.441. The predicted octanol–water partition coefficient (Wildman–Crippen LogP) is 2.15. The normalized spacial score (nSPS) is 31.0. The Bertz CT molecular complexity index is 161.